The van der Waals surface area contributed by atoms with Gasteiger partial charge in [-0.15, -0.1) is 0 Å². The molecule has 3 aliphatic carbocycles. The Balaban J connectivity index is 1.63. The first kappa shape index (κ1) is 23.4. The van der Waals surface area contributed by atoms with Crippen molar-refractivity contribution in [2.45, 2.75) is 83.6 Å². The Hall–Kier alpha value is -2.36. The molecule has 0 bridgehead atoms. The third-order valence-electron chi connectivity index (χ3n) is 10.4. The van der Waals surface area contributed by atoms with Gasteiger partial charge in [-0.25, -0.2) is 0 Å². The first-order valence-electron chi connectivity index (χ1n) is 12.9. The summed E-state index contributed by atoms with van der Waals surface area (Å²) in [6, 6.07) is 8.34. The second-order valence-corrected chi connectivity index (χ2v) is 12.9. The molecule has 1 heterocycles. The molecule has 0 spiro atoms. The average molecular weight is 462 g/mol. The van der Waals surface area contributed by atoms with Gasteiger partial charge in [0.1, 0.15) is 0 Å². The van der Waals surface area contributed by atoms with Gasteiger partial charge in [-0.3, -0.25) is 9.59 Å². The Morgan fingerprint density at radius 3 is 2.47 bits per heavy atom. The van der Waals surface area contributed by atoms with Crippen LogP contribution in [0.4, 0.5) is 0 Å². The maximum absolute atomic E-state index is 13.4. The van der Waals surface area contributed by atoms with E-state index >= 15 is 0 Å². The van der Waals surface area contributed by atoms with Crippen molar-refractivity contribution in [1.29, 1.82) is 0 Å². The largest absolute Gasteiger partial charge is 0.481 e. The van der Waals surface area contributed by atoms with Crippen molar-refractivity contribution in [2.75, 3.05) is 0 Å². The fourth-order valence-corrected chi connectivity index (χ4v) is 8.67. The van der Waals surface area contributed by atoms with Gasteiger partial charge in [-0.05, 0) is 77.9 Å². The van der Waals surface area contributed by atoms with Crippen LogP contribution in [-0.2, 0) is 20.4 Å². The summed E-state index contributed by atoms with van der Waals surface area (Å²) in [4.78, 5) is 25.4. The summed E-state index contributed by atoms with van der Waals surface area (Å²) in [5, 5.41) is 14.2. The van der Waals surface area contributed by atoms with E-state index in [0.29, 0.717) is 12.3 Å². The molecule has 1 aromatic carbocycles. The number of carboxylic acid groups (broad SMARTS) is 1. The van der Waals surface area contributed by atoms with Crippen molar-refractivity contribution < 1.29 is 14.7 Å². The van der Waals surface area contributed by atoms with Gasteiger partial charge in [0.25, 0.3) is 0 Å². The Labute approximate surface area is 203 Å². The van der Waals surface area contributed by atoms with Gasteiger partial charge < -0.3 is 10.4 Å². The molecule has 4 heteroatoms. The monoisotopic (exact) mass is 461 g/mol. The van der Waals surface area contributed by atoms with Crippen molar-refractivity contribution in [2.24, 2.45) is 28.6 Å². The minimum atomic E-state index is -0.902. The molecule has 4 aliphatic rings. The fourth-order valence-electron chi connectivity index (χ4n) is 8.67. The van der Waals surface area contributed by atoms with Crippen molar-refractivity contribution in [3.63, 3.8) is 0 Å². The van der Waals surface area contributed by atoms with Gasteiger partial charge in [0, 0.05) is 11.5 Å². The van der Waals surface area contributed by atoms with Crippen LogP contribution in [0.1, 0.15) is 77.8 Å². The molecule has 2 N–H and O–H groups in total. The van der Waals surface area contributed by atoms with Gasteiger partial charge in [-0.1, -0.05) is 77.1 Å². The lowest BCUT2D eigenvalue weighted by Gasteiger charge is -2.60. The molecule has 3 fully saturated rings. The summed E-state index contributed by atoms with van der Waals surface area (Å²) in [5.41, 5.74) is 1.85. The van der Waals surface area contributed by atoms with Crippen LogP contribution in [0, 0.1) is 28.6 Å². The zero-order chi connectivity index (χ0) is 24.7. The number of hydrogen-bond donors (Lipinski definition) is 2. The number of carbonyl (C=O) groups is 2. The minimum absolute atomic E-state index is 0.0149. The van der Waals surface area contributed by atoms with Crippen molar-refractivity contribution in [1.82, 2.24) is 5.32 Å². The van der Waals surface area contributed by atoms with Gasteiger partial charge in [0.15, 0.2) is 0 Å². The summed E-state index contributed by atoms with van der Waals surface area (Å²) in [7, 11) is 0. The second-order valence-electron chi connectivity index (χ2n) is 12.9. The van der Waals surface area contributed by atoms with Crippen LogP contribution < -0.4 is 5.32 Å². The van der Waals surface area contributed by atoms with Crippen LogP contribution >= 0.6 is 0 Å². The highest BCUT2D eigenvalue weighted by Crippen LogP contribution is 2.70. The van der Waals surface area contributed by atoms with Crippen LogP contribution in [0.2, 0.25) is 0 Å². The second kappa shape index (κ2) is 7.32. The Bertz CT molecular complexity index is 1100. The van der Waals surface area contributed by atoms with E-state index in [2.05, 4.69) is 64.7 Å². The van der Waals surface area contributed by atoms with Crippen LogP contribution in [0.5, 0.6) is 0 Å². The highest BCUT2D eigenvalue weighted by atomic mass is 16.4. The zero-order valence-electron chi connectivity index (χ0n) is 21.3. The number of nitrogens with one attached hydrogen (secondary N) is 1. The summed E-state index contributed by atoms with van der Waals surface area (Å²) < 4.78 is 0. The molecule has 1 amide bonds. The van der Waals surface area contributed by atoms with Gasteiger partial charge in [-0.2, -0.15) is 0 Å². The molecule has 4 nitrogen and oxygen atoms in total. The topological polar surface area (TPSA) is 66.4 Å². The quantitative estimate of drug-likeness (QED) is 0.550. The summed E-state index contributed by atoms with van der Waals surface area (Å²) in [6.07, 6.45) is 8.01. The Kier molecular flexibility index (Phi) is 5.03. The lowest BCUT2D eigenvalue weighted by atomic mass is 9.44. The maximum atomic E-state index is 13.4. The summed E-state index contributed by atoms with van der Waals surface area (Å²) in [6.45, 7) is 15.6. The number of benzene rings is 1. The standard InChI is InChI=1S/C30H39NO3/c1-18-17-23-28(5,14-13-24(32)31-23)21-11-15-29(6)22(25(18)21)12-16-30(29,26(33)34)20-10-8-7-9-19(20)27(2,3)4/h7-10,13-14,21-23,25H,1,11-12,15-17H2,2-6H3,(H,31,32)(H,33,34)/t21-,22+,23?,25-,28-,29+,30?/m1/s1. The molecule has 7 atom stereocenters. The van der Waals surface area contributed by atoms with Crippen LogP contribution in [0.3, 0.4) is 0 Å². The van der Waals surface area contributed by atoms with E-state index in [-0.39, 0.29) is 40.0 Å². The van der Waals surface area contributed by atoms with Gasteiger partial charge >= 0.3 is 5.97 Å². The number of hydrogen-bond acceptors (Lipinski definition) is 2. The molecule has 0 aromatic heterocycles. The normalized spacial score (nSPS) is 41.3. The first-order valence-corrected chi connectivity index (χ1v) is 12.9. The molecule has 0 radical (unpaired) electrons. The summed E-state index contributed by atoms with van der Waals surface area (Å²) in [5.74, 6) is 0.229. The van der Waals surface area contributed by atoms with Crippen molar-refractivity contribution in [3.05, 3.63) is 59.7 Å². The number of carbonyl (C=O) groups excluding carboxylic acids is 1. The third kappa shape index (κ3) is 2.90. The minimum Gasteiger partial charge on any atom is -0.481 e. The van der Waals surface area contributed by atoms with Crippen molar-refractivity contribution in [3.8, 4) is 0 Å². The molecule has 34 heavy (non-hydrogen) atoms. The van der Waals surface area contributed by atoms with Crippen LogP contribution in [0.15, 0.2) is 48.6 Å². The highest BCUT2D eigenvalue weighted by Gasteiger charge is 2.68. The van der Waals surface area contributed by atoms with E-state index in [0.717, 1.165) is 36.8 Å². The lowest BCUT2D eigenvalue weighted by Crippen LogP contribution is -2.61. The van der Waals surface area contributed by atoms with Gasteiger partial charge in [0.2, 0.25) is 5.91 Å². The molecular weight excluding hydrogens is 422 g/mol. The Morgan fingerprint density at radius 2 is 1.79 bits per heavy atom. The molecule has 1 aromatic rings. The van der Waals surface area contributed by atoms with E-state index in [1.54, 1.807) is 6.08 Å². The molecule has 182 valence electrons. The van der Waals surface area contributed by atoms with Gasteiger partial charge in [0.05, 0.1) is 5.41 Å². The van der Waals surface area contributed by atoms with E-state index < -0.39 is 11.4 Å². The average Bonchev–Trinajstić information content (AvgIpc) is 3.08. The van der Waals surface area contributed by atoms with E-state index in [1.165, 1.54) is 5.57 Å². The fraction of sp³-hybridized carbons (Fsp3) is 0.600. The molecule has 1 aliphatic heterocycles. The molecular formula is C30H39NO3. The summed E-state index contributed by atoms with van der Waals surface area (Å²) >= 11 is 0. The molecule has 2 unspecified atom stereocenters. The van der Waals surface area contributed by atoms with E-state index in [4.69, 9.17) is 0 Å². The molecule has 3 saturated carbocycles. The predicted molar refractivity (Wildman–Crippen MR) is 134 cm³/mol. The number of carboxylic acids is 1. The molecule has 5 rings (SSSR count). The third-order valence-corrected chi connectivity index (χ3v) is 10.4. The predicted octanol–water partition coefficient (Wildman–Crippen LogP) is 5.77. The first-order chi connectivity index (χ1) is 15.9. The number of amides is 1. The number of aliphatic carboxylic acids is 1. The number of fused-ring (bicyclic) bond motifs is 5. The van der Waals surface area contributed by atoms with Crippen LogP contribution in [-0.4, -0.2) is 23.0 Å². The van der Waals surface area contributed by atoms with Crippen LogP contribution in [0.25, 0.3) is 0 Å². The SMILES string of the molecule is C=C1CC2NC(=O)C=C[C@]2(C)[C@@H]2CC[C@@]3(C)[C@@H](CCC3(C(=O)O)c3ccccc3C(C)(C)C)[C@H]12. The highest BCUT2D eigenvalue weighted by molar-refractivity contribution is 5.89. The smallest absolute Gasteiger partial charge is 0.314 e. The Morgan fingerprint density at radius 1 is 1.12 bits per heavy atom. The lowest BCUT2D eigenvalue weighted by molar-refractivity contribution is -0.153. The van der Waals surface area contributed by atoms with Crippen molar-refractivity contribution >= 4 is 11.9 Å². The molecule has 0 saturated heterocycles. The zero-order valence-corrected chi connectivity index (χ0v) is 21.3. The van der Waals surface area contributed by atoms with E-state index in [9.17, 15) is 14.7 Å². The van der Waals surface area contributed by atoms with E-state index in [1.807, 2.05) is 12.1 Å². The maximum Gasteiger partial charge on any atom is 0.314 e. The number of rotatable bonds is 2.